The van der Waals surface area contributed by atoms with Crippen molar-refractivity contribution in [2.45, 2.75) is 89.4 Å². The molecule has 1 aliphatic heterocycles. The molecule has 4 fully saturated rings. The SMILES string of the molecule is COc1ccnc(C(=O)N[C@H]2CCC[C@H](CCOCC3CC3)[C@@H](OCC3CC3)[C@H](C)OC2=O)c1OC(=O)C1CC1. The Bertz CT molecular complexity index is 1050. The van der Waals surface area contributed by atoms with Crippen molar-refractivity contribution in [1.29, 1.82) is 0 Å². The first-order valence-electron chi connectivity index (χ1n) is 14.9. The summed E-state index contributed by atoms with van der Waals surface area (Å²) >= 11 is 0. The lowest BCUT2D eigenvalue weighted by molar-refractivity contribution is -0.161. The van der Waals surface area contributed by atoms with Gasteiger partial charge < -0.3 is 29.0 Å². The third-order valence-electron chi connectivity index (χ3n) is 8.21. The zero-order valence-electron chi connectivity index (χ0n) is 23.6. The topological polar surface area (TPSA) is 122 Å². The first-order chi connectivity index (χ1) is 19.4. The number of carbonyl (C=O) groups is 3. The fourth-order valence-electron chi connectivity index (χ4n) is 5.18. The summed E-state index contributed by atoms with van der Waals surface area (Å²) in [5, 5.41) is 2.78. The molecule has 4 atom stereocenters. The van der Waals surface area contributed by atoms with E-state index in [1.54, 1.807) is 0 Å². The molecule has 3 aliphatic carbocycles. The molecule has 0 spiro atoms. The summed E-state index contributed by atoms with van der Waals surface area (Å²) < 4.78 is 29.0. The first-order valence-corrected chi connectivity index (χ1v) is 14.9. The van der Waals surface area contributed by atoms with Gasteiger partial charge in [-0.25, -0.2) is 9.78 Å². The number of carbonyl (C=O) groups excluding carboxylic acids is 3. The molecule has 1 N–H and O–H groups in total. The quantitative estimate of drug-likeness (QED) is 0.284. The van der Waals surface area contributed by atoms with Crippen LogP contribution < -0.4 is 14.8 Å². The Morgan fingerprint density at radius 1 is 1.05 bits per heavy atom. The van der Waals surface area contributed by atoms with Gasteiger partial charge in [-0.2, -0.15) is 0 Å². The highest BCUT2D eigenvalue weighted by Gasteiger charge is 2.37. The van der Waals surface area contributed by atoms with Crippen LogP contribution in [0.3, 0.4) is 0 Å². The third kappa shape index (κ3) is 7.94. The number of rotatable bonds is 13. The van der Waals surface area contributed by atoms with Gasteiger partial charge in [0.25, 0.3) is 5.91 Å². The van der Waals surface area contributed by atoms with E-state index in [4.69, 9.17) is 23.7 Å². The summed E-state index contributed by atoms with van der Waals surface area (Å²) in [6.45, 7) is 4.02. The molecular weight excluding hydrogens is 516 g/mol. The predicted molar refractivity (Wildman–Crippen MR) is 144 cm³/mol. The second kappa shape index (κ2) is 13.3. The van der Waals surface area contributed by atoms with Crippen LogP contribution in [0.1, 0.15) is 81.6 Å². The molecule has 10 heteroatoms. The number of methoxy groups -OCH3 is 1. The fraction of sp³-hybridized carbons (Fsp3) is 0.733. The predicted octanol–water partition coefficient (Wildman–Crippen LogP) is 3.85. The second-order valence-corrected chi connectivity index (χ2v) is 11.8. The zero-order chi connectivity index (χ0) is 28.1. The highest BCUT2D eigenvalue weighted by molar-refractivity contribution is 5.99. The number of amides is 1. The molecule has 0 unspecified atom stereocenters. The lowest BCUT2D eigenvalue weighted by atomic mass is 9.89. The van der Waals surface area contributed by atoms with Crippen LogP contribution in [0.2, 0.25) is 0 Å². The van der Waals surface area contributed by atoms with Crippen LogP contribution in [0.25, 0.3) is 0 Å². The number of aromatic nitrogens is 1. The molecule has 40 heavy (non-hydrogen) atoms. The maximum absolute atomic E-state index is 13.4. The Morgan fingerprint density at radius 2 is 1.80 bits per heavy atom. The van der Waals surface area contributed by atoms with Crippen molar-refractivity contribution < 1.29 is 38.1 Å². The largest absolute Gasteiger partial charge is 0.493 e. The maximum atomic E-state index is 13.4. The first kappa shape index (κ1) is 28.8. The molecule has 1 aromatic rings. The normalized spacial score (nSPS) is 27.1. The summed E-state index contributed by atoms with van der Waals surface area (Å²) in [6, 6.07) is 0.655. The molecule has 0 bridgehead atoms. The molecule has 220 valence electrons. The van der Waals surface area contributed by atoms with Crippen molar-refractivity contribution in [3.05, 3.63) is 18.0 Å². The Balaban J connectivity index is 1.25. The zero-order valence-corrected chi connectivity index (χ0v) is 23.6. The lowest BCUT2D eigenvalue weighted by Gasteiger charge is -2.31. The molecule has 1 aromatic heterocycles. The Labute approximate surface area is 235 Å². The van der Waals surface area contributed by atoms with Crippen molar-refractivity contribution in [2.24, 2.45) is 23.7 Å². The minimum absolute atomic E-state index is 0.0380. The standard InChI is InChI=1S/C30H42N2O8/c1-18-26(38-17-20-8-9-20)21(13-15-37-16-19-6-7-19)4-3-5-23(30(35)39-18)32-28(33)25-27(24(36-2)12-14-31-25)40-29(34)22-10-11-22/h12,14,18-23,26H,3-11,13,15-17H2,1-2H3,(H,32,33)/t18-,21+,23-,26-/m0/s1. The Hall–Kier alpha value is -2.72. The summed E-state index contributed by atoms with van der Waals surface area (Å²) in [5.41, 5.74) is -0.106. The van der Waals surface area contributed by atoms with Gasteiger partial charge in [-0.15, -0.1) is 0 Å². The van der Waals surface area contributed by atoms with Gasteiger partial charge in [0, 0.05) is 32.1 Å². The monoisotopic (exact) mass is 558 g/mol. The summed E-state index contributed by atoms with van der Waals surface area (Å²) in [7, 11) is 1.43. The molecule has 0 radical (unpaired) electrons. The number of hydrogen-bond acceptors (Lipinski definition) is 9. The van der Waals surface area contributed by atoms with Crippen LogP contribution in [-0.4, -0.2) is 68.0 Å². The summed E-state index contributed by atoms with van der Waals surface area (Å²) in [6.07, 6.45) is 9.89. The van der Waals surface area contributed by atoms with Gasteiger partial charge in [-0.1, -0.05) is 6.42 Å². The van der Waals surface area contributed by atoms with E-state index in [1.165, 1.54) is 45.1 Å². The summed E-state index contributed by atoms with van der Waals surface area (Å²) in [4.78, 5) is 43.2. The number of esters is 2. The Kier molecular flexibility index (Phi) is 9.57. The van der Waals surface area contributed by atoms with Gasteiger partial charge in [-0.3, -0.25) is 9.59 Å². The van der Waals surface area contributed by atoms with Crippen LogP contribution in [0, 0.1) is 23.7 Å². The fourth-order valence-corrected chi connectivity index (χ4v) is 5.18. The van der Waals surface area contributed by atoms with E-state index in [1.807, 2.05) is 6.92 Å². The van der Waals surface area contributed by atoms with E-state index in [0.717, 1.165) is 32.3 Å². The molecule has 3 saturated carbocycles. The number of nitrogens with one attached hydrogen (secondary N) is 1. The molecule has 0 aromatic carbocycles. The lowest BCUT2D eigenvalue weighted by Crippen LogP contribution is -2.44. The highest BCUT2D eigenvalue weighted by atomic mass is 16.6. The molecule has 1 amide bonds. The van der Waals surface area contributed by atoms with Crippen LogP contribution in [0.4, 0.5) is 0 Å². The van der Waals surface area contributed by atoms with Crippen LogP contribution in [-0.2, 0) is 23.8 Å². The van der Waals surface area contributed by atoms with E-state index >= 15 is 0 Å². The smallest absolute Gasteiger partial charge is 0.329 e. The van der Waals surface area contributed by atoms with E-state index in [2.05, 4.69) is 10.3 Å². The number of nitrogens with zero attached hydrogens (tertiary/aromatic N) is 1. The van der Waals surface area contributed by atoms with Gasteiger partial charge in [0.2, 0.25) is 5.75 Å². The van der Waals surface area contributed by atoms with E-state index in [9.17, 15) is 14.4 Å². The van der Waals surface area contributed by atoms with E-state index in [0.29, 0.717) is 37.9 Å². The van der Waals surface area contributed by atoms with Crippen molar-refractivity contribution in [2.75, 3.05) is 26.9 Å². The minimum Gasteiger partial charge on any atom is -0.493 e. The van der Waals surface area contributed by atoms with Gasteiger partial charge in [0.05, 0.1) is 19.1 Å². The molecule has 1 saturated heterocycles. The van der Waals surface area contributed by atoms with Gasteiger partial charge >= 0.3 is 11.9 Å². The van der Waals surface area contributed by atoms with Gasteiger partial charge in [0.15, 0.2) is 11.4 Å². The minimum atomic E-state index is -0.871. The Morgan fingerprint density at radius 3 is 2.50 bits per heavy atom. The highest BCUT2D eigenvalue weighted by Crippen LogP contribution is 2.36. The van der Waals surface area contributed by atoms with Crippen LogP contribution in [0.15, 0.2) is 12.3 Å². The maximum Gasteiger partial charge on any atom is 0.329 e. The van der Waals surface area contributed by atoms with Crippen LogP contribution in [0.5, 0.6) is 11.5 Å². The van der Waals surface area contributed by atoms with Gasteiger partial charge in [-0.05, 0) is 82.5 Å². The number of hydrogen-bond donors (Lipinski definition) is 1. The third-order valence-corrected chi connectivity index (χ3v) is 8.21. The second-order valence-electron chi connectivity index (χ2n) is 11.8. The van der Waals surface area contributed by atoms with Gasteiger partial charge in [0.1, 0.15) is 12.1 Å². The average Bonchev–Trinajstić information content (AvgIpc) is 3.79. The van der Waals surface area contributed by atoms with Crippen LogP contribution >= 0.6 is 0 Å². The van der Waals surface area contributed by atoms with Crippen molar-refractivity contribution in [3.63, 3.8) is 0 Å². The summed E-state index contributed by atoms with van der Waals surface area (Å²) in [5.74, 6) is -0.0515. The molecular formula is C30H42N2O8. The van der Waals surface area contributed by atoms with Crippen molar-refractivity contribution in [1.82, 2.24) is 10.3 Å². The number of ether oxygens (including phenoxy) is 5. The molecule has 4 aliphatic rings. The number of pyridine rings is 1. The average molecular weight is 559 g/mol. The van der Waals surface area contributed by atoms with Crippen molar-refractivity contribution >= 4 is 17.8 Å². The van der Waals surface area contributed by atoms with E-state index in [-0.39, 0.29) is 35.1 Å². The number of cyclic esters (lactones) is 1. The molecule has 2 heterocycles. The molecule has 5 rings (SSSR count). The van der Waals surface area contributed by atoms with Crippen molar-refractivity contribution in [3.8, 4) is 11.5 Å². The van der Waals surface area contributed by atoms with E-state index < -0.39 is 30.0 Å². The molecule has 10 nitrogen and oxygen atoms in total.